The standard InChI is InChI=1S/C50H69N9O11S/c1-50(2,3)70-48(66)54-37-29-57(24-22-30-6-8-31(9-7-30)26-33-12-17-38-41(27-33)56(4)49(67)59(38)40-19-21-43(61)55-46(40)64)25-23-34-13-18-39(58(34)47(37)65)45(63)53-36(16-20-42(51)60)44(62)52-28-32-10-14-35(15-11-32)71(5,68)69/h10-12,14-15,17,27,30-31,34,36-37,39-40H,6-9,13,16,18-26,28-29H2,1-5H3,(H2,51,60)(H,52,62)(H,53,63)(H,54,66)(H,55,61,64)/t30?,31?,34-,36+,37+,39+,40?/m1/s1. The minimum absolute atomic E-state index is 0.0215. The van der Waals surface area contributed by atoms with Crippen LogP contribution in [0.15, 0.2) is 52.2 Å². The number of hydrogen-bond donors (Lipinski definition) is 5. The van der Waals surface area contributed by atoms with Gasteiger partial charge in [0, 0.05) is 51.8 Å². The predicted molar refractivity (Wildman–Crippen MR) is 262 cm³/mol. The number of carbonyl (C=O) groups is 7. The summed E-state index contributed by atoms with van der Waals surface area (Å²) in [6, 6.07) is 7.79. The molecule has 4 fully saturated rings. The molecular formula is C50H69N9O11S. The average Bonchev–Trinajstić information content (AvgIpc) is 3.83. The largest absolute Gasteiger partial charge is 0.444 e. The second kappa shape index (κ2) is 22.1. The van der Waals surface area contributed by atoms with Crippen LogP contribution < -0.4 is 32.7 Å². The lowest BCUT2D eigenvalue weighted by Gasteiger charge is -2.39. The molecule has 1 unspecified atom stereocenters. The van der Waals surface area contributed by atoms with E-state index in [9.17, 15) is 46.8 Å². The second-order valence-corrected chi connectivity index (χ2v) is 22.9. The first-order valence-corrected chi connectivity index (χ1v) is 26.7. The van der Waals surface area contributed by atoms with Crippen LogP contribution in [0.1, 0.15) is 115 Å². The lowest BCUT2D eigenvalue weighted by molar-refractivity contribution is -0.144. The van der Waals surface area contributed by atoms with Crippen molar-refractivity contribution in [2.45, 2.75) is 151 Å². The first-order chi connectivity index (χ1) is 33.5. The molecule has 6 N–H and O–H groups in total. The Kier molecular flexibility index (Phi) is 16.4. The molecule has 20 nitrogen and oxygen atoms in total. The van der Waals surface area contributed by atoms with Gasteiger partial charge >= 0.3 is 11.8 Å². The van der Waals surface area contributed by atoms with Gasteiger partial charge in [-0.25, -0.2) is 18.0 Å². The molecule has 4 heterocycles. The van der Waals surface area contributed by atoms with Crippen molar-refractivity contribution < 1.29 is 46.7 Å². The highest BCUT2D eigenvalue weighted by atomic mass is 32.2. The number of fused-ring (bicyclic) bond motifs is 2. The zero-order valence-electron chi connectivity index (χ0n) is 41.4. The van der Waals surface area contributed by atoms with E-state index in [2.05, 4.69) is 26.2 Å². The van der Waals surface area contributed by atoms with Crippen LogP contribution in [-0.2, 0) is 63.4 Å². The highest BCUT2D eigenvalue weighted by Crippen LogP contribution is 2.35. The quantitative estimate of drug-likeness (QED) is 0.130. The Morgan fingerprint density at radius 1 is 0.887 bits per heavy atom. The molecule has 7 rings (SSSR count). The van der Waals surface area contributed by atoms with Crippen molar-refractivity contribution in [3.05, 3.63) is 64.1 Å². The molecule has 1 saturated carbocycles. The molecule has 2 aromatic carbocycles. The van der Waals surface area contributed by atoms with E-state index in [1.807, 2.05) is 18.2 Å². The summed E-state index contributed by atoms with van der Waals surface area (Å²) in [5, 5.41) is 10.7. The average molecular weight is 1000 g/mol. The number of ether oxygens (including phenoxy) is 1. The summed E-state index contributed by atoms with van der Waals surface area (Å²) in [4.78, 5) is 109. The Balaban J connectivity index is 0.962. The van der Waals surface area contributed by atoms with Gasteiger partial charge in [-0.3, -0.25) is 43.2 Å². The fraction of sp³-hybridized carbons (Fsp3) is 0.600. The van der Waals surface area contributed by atoms with Gasteiger partial charge < -0.3 is 36.2 Å². The van der Waals surface area contributed by atoms with Crippen molar-refractivity contribution in [1.29, 1.82) is 0 Å². The lowest BCUT2D eigenvalue weighted by Crippen LogP contribution is -2.61. The Hall–Kier alpha value is -6.09. The monoisotopic (exact) mass is 1000 g/mol. The minimum Gasteiger partial charge on any atom is -0.444 e. The molecule has 3 saturated heterocycles. The fourth-order valence-electron chi connectivity index (χ4n) is 10.6. The molecule has 3 aromatic rings. The number of rotatable bonds is 16. The maximum absolute atomic E-state index is 14.6. The predicted octanol–water partition coefficient (Wildman–Crippen LogP) is 2.49. The van der Waals surface area contributed by atoms with Crippen LogP contribution in [0.2, 0.25) is 0 Å². The molecule has 0 spiro atoms. The van der Waals surface area contributed by atoms with Gasteiger partial charge in [0.25, 0.3) is 0 Å². The minimum atomic E-state index is -3.42. The topological polar surface area (TPSA) is 270 Å². The number of sulfone groups is 1. The number of nitrogens with one attached hydrogen (secondary N) is 4. The van der Waals surface area contributed by atoms with E-state index in [1.165, 1.54) is 16.7 Å². The number of aryl methyl sites for hydroxylation is 1. The zero-order chi connectivity index (χ0) is 51.4. The first kappa shape index (κ1) is 52.7. The summed E-state index contributed by atoms with van der Waals surface area (Å²) in [6.07, 6.45) is 7.86. The number of amides is 7. The van der Waals surface area contributed by atoms with E-state index in [4.69, 9.17) is 10.5 Å². The highest BCUT2D eigenvalue weighted by Gasteiger charge is 2.46. The van der Waals surface area contributed by atoms with Crippen molar-refractivity contribution in [1.82, 2.24) is 40.2 Å². The number of nitrogens with two attached hydrogens (primary N) is 1. The molecule has 386 valence electrons. The Bertz CT molecular complexity index is 2690. The van der Waals surface area contributed by atoms with E-state index in [-0.39, 0.29) is 61.3 Å². The van der Waals surface area contributed by atoms with Gasteiger partial charge in [0.05, 0.1) is 15.9 Å². The third-order valence-electron chi connectivity index (χ3n) is 14.4. The van der Waals surface area contributed by atoms with Crippen LogP contribution >= 0.6 is 0 Å². The molecule has 0 bridgehead atoms. The first-order valence-electron chi connectivity index (χ1n) is 24.8. The van der Waals surface area contributed by atoms with Gasteiger partial charge in [-0.1, -0.05) is 31.0 Å². The molecule has 4 aliphatic rings. The van der Waals surface area contributed by atoms with E-state index >= 15 is 0 Å². The van der Waals surface area contributed by atoms with Gasteiger partial charge in [-0.2, -0.15) is 0 Å². The van der Waals surface area contributed by atoms with Crippen LogP contribution in [-0.4, -0.2) is 125 Å². The van der Waals surface area contributed by atoms with Crippen molar-refractivity contribution in [2.75, 3.05) is 25.9 Å². The number of carbonyl (C=O) groups excluding carboxylic acids is 7. The third kappa shape index (κ3) is 13.3. The van der Waals surface area contributed by atoms with Crippen molar-refractivity contribution in [3.63, 3.8) is 0 Å². The summed E-state index contributed by atoms with van der Waals surface area (Å²) in [7, 11) is -1.71. The number of nitrogens with zero attached hydrogens (tertiary/aromatic N) is 4. The highest BCUT2D eigenvalue weighted by molar-refractivity contribution is 7.90. The number of hydrogen-bond acceptors (Lipinski definition) is 12. The number of benzene rings is 2. The summed E-state index contributed by atoms with van der Waals surface area (Å²) in [5.41, 5.74) is 7.45. The SMILES string of the molecule is Cn1c(=O)n(C2CCC(=O)NC2=O)c2ccc(CC3CCC(CCN4CC[C@H]5CC[C@@H](C(=O)N[C@@H](CCC(N)=O)C(=O)NCc6ccc(S(C)(=O)=O)cc6)N5C(=O)[C@@H](NC(=O)OC(C)(C)C)C4)CC3)cc21. The van der Waals surface area contributed by atoms with Crippen LogP contribution in [0, 0.1) is 11.8 Å². The van der Waals surface area contributed by atoms with Gasteiger partial charge in [-0.15, -0.1) is 0 Å². The van der Waals surface area contributed by atoms with E-state index in [0.717, 1.165) is 55.9 Å². The van der Waals surface area contributed by atoms with Crippen molar-refractivity contribution in [3.8, 4) is 0 Å². The number of aromatic nitrogens is 2. The van der Waals surface area contributed by atoms with Gasteiger partial charge in [0.2, 0.25) is 35.4 Å². The van der Waals surface area contributed by atoms with Gasteiger partial charge in [-0.05, 0) is 132 Å². The van der Waals surface area contributed by atoms with Gasteiger partial charge in [0.15, 0.2) is 9.84 Å². The number of piperidine rings is 1. The Morgan fingerprint density at radius 2 is 1.58 bits per heavy atom. The van der Waals surface area contributed by atoms with Crippen LogP contribution in [0.5, 0.6) is 0 Å². The summed E-state index contributed by atoms with van der Waals surface area (Å²) in [5.74, 6) is -2.11. The van der Waals surface area contributed by atoms with E-state index < -0.39 is 75.2 Å². The molecular weight excluding hydrogens is 935 g/mol. The number of alkyl carbamates (subject to hydrolysis) is 1. The molecule has 1 aromatic heterocycles. The van der Waals surface area contributed by atoms with E-state index in [1.54, 1.807) is 49.4 Å². The van der Waals surface area contributed by atoms with Crippen molar-refractivity contribution >= 4 is 62.4 Å². The lowest BCUT2D eigenvalue weighted by atomic mass is 9.78. The van der Waals surface area contributed by atoms with Gasteiger partial charge in [0.1, 0.15) is 29.8 Å². The molecule has 1 aliphatic carbocycles. The van der Waals surface area contributed by atoms with Crippen LogP contribution in [0.25, 0.3) is 11.0 Å². The summed E-state index contributed by atoms with van der Waals surface area (Å²) >= 11 is 0. The molecule has 71 heavy (non-hydrogen) atoms. The van der Waals surface area contributed by atoms with E-state index in [0.29, 0.717) is 55.3 Å². The molecule has 0 radical (unpaired) electrons. The number of imide groups is 1. The fourth-order valence-corrected chi connectivity index (χ4v) is 11.3. The summed E-state index contributed by atoms with van der Waals surface area (Å²) in [6.45, 7) is 6.75. The normalized spacial score (nSPS) is 23.8. The van der Waals surface area contributed by atoms with Crippen LogP contribution in [0.4, 0.5) is 4.79 Å². The molecule has 21 heteroatoms. The maximum Gasteiger partial charge on any atom is 0.408 e. The Labute approximate surface area is 414 Å². The van der Waals surface area contributed by atoms with Crippen LogP contribution in [0.3, 0.4) is 0 Å². The number of imidazole rings is 1. The third-order valence-corrected chi connectivity index (χ3v) is 15.5. The Morgan fingerprint density at radius 3 is 2.24 bits per heavy atom. The summed E-state index contributed by atoms with van der Waals surface area (Å²) < 4.78 is 32.4. The molecule has 3 aliphatic heterocycles. The molecule has 7 amide bonds. The number of primary amides is 1. The smallest absolute Gasteiger partial charge is 0.408 e. The van der Waals surface area contributed by atoms with Crippen molar-refractivity contribution in [2.24, 2.45) is 24.6 Å². The second-order valence-electron chi connectivity index (χ2n) is 20.9. The zero-order valence-corrected chi connectivity index (χ0v) is 42.2. The molecule has 5 atom stereocenters. The maximum atomic E-state index is 14.6.